The zero-order valence-corrected chi connectivity index (χ0v) is 17.1. The number of halogens is 1. The molecule has 1 fully saturated rings. The first kappa shape index (κ1) is 21.8. The monoisotopic (exact) mass is 443 g/mol. The molecule has 10 heteroatoms. The molecular formula is C21H18ClN3O6. The molecule has 1 saturated heterocycles. The van der Waals surface area contributed by atoms with Crippen LogP contribution in [0.3, 0.4) is 0 Å². The Bertz CT molecular complexity index is 1080. The van der Waals surface area contributed by atoms with Gasteiger partial charge in [0.05, 0.1) is 12.2 Å². The summed E-state index contributed by atoms with van der Waals surface area (Å²) >= 11 is 5.88. The summed E-state index contributed by atoms with van der Waals surface area (Å²) in [5.41, 5.74) is 0.844. The Kier molecular flexibility index (Phi) is 6.56. The average Bonchev–Trinajstić information content (AvgIpc) is 2.99. The molecule has 3 N–H and O–H groups in total. The number of esters is 1. The number of hydrogen-bond donors (Lipinski definition) is 3. The molecule has 9 nitrogen and oxygen atoms in total. The van der Waals surface area contributed by atoms with Gasteiger partial charge in [-0.25, -0.2) is 14.5 Å². The number of urea groups is 1. The largest absolute Gasteiger partial charge is 0.507 e. The number of ether oxygens (including phenoxy) is 1. The standard InChI is InChI=1S/C21H18ClN3O6/c1-2-31-20(29)12-3-6-15(7-4-12)23-18(27)11-25-19(28)16(24-21(25)30)10-13-9-14(22)5-8-17(13)26/h3-10,26H,2,11H2,1H3,(H,23,27)(H,24,30)/b16-10-. The van der Waals surface area contributed by atoms with Crippen molar-refractivity contribution in [3.63, 3.8) is 0 Å². The predicted octanol–water partition coefficient (Wildman–Crippen LogP) is 2.75. The molecule has 0 unspecified atom stereocenters. The van der Waals surface area contributed by atoms with Crippen LogP contribution in [0.15, 0.2) is 48.2 Å². The lowest BCUT2D eigenvalue weighted by Gasteiger charge is -2.12. The second-order valence-electron chi connectivity index (χ2n) is 6.43. The molecule has 4 amide bonds. The van der Waals surface area contributed by atoms with Crippen LogP contribution in [-0.2, 0) is 14.3 Å². The Morgan fingerprint density at radius 3 is 2.58 bits per heavy atom. The Labute approximate surface area is 182 Å². The van der Waals surface area contributed by atoms with Crippen molar-refractivity contribution in [3.05, 3.63) is 64.3 Å². The van der Waals surface area contributed by atoms with E-state index in [0.29, 0.717) is 16.3 Å². The van der Waals surface area contributed by atoms with Crippen LogP contribution in [0.2, 0.25) is 5.02 Å². The number of hydrogen-bond acceptors (Lipinski definition) is 6. The number of phenolic OH excluding ortho intramolecular Hbond substituents is 1. The maximum Gasteiger partial charge on any atom is 0.338 e. The lowest BCUT2D eigenvalue weighted by atomic mass is 10.1. The van der Waals surface area contributed by atoms with Gasteiger partial charge in [-0.2, -0.15) is 0 Å². The predicted molar refractivity (Wildman–Crippen MR) is 112 cm³/mol. The molecule has 160 valence electrons. The van der Waals surface area contributed by atoms with E-state index in [2.05, 4.69) is 10.6 Å². The lowest BCUT2D eigenvalue weighted by Crippen LogP contribution is -2.38. The summed E-state index contributed by atoms with van der Waals surface area (Å²) < 4.78 is 4.88. The summed E-state index contributed by atoms with van der Waals surface area (Å²) in [7, 11) is 0. The minimum atomic E-state index is -0.773. The molecular weight excluding hydrogens is 426 g/mol. The minimum Gasteiger partial charge on any atom is -0.507 e. The quantitative estimate of drug-likeness (QED) is 0.358. The molecule has 1 heterocycles. The van der Waals surface area contributed by atoms with Crippen molar-refractivity contribution in [3.8, 4) is 5.75 Å². The van der Waals surface area contributed by atoms with Gasteiger partial charge in [-0.15, -0.1) is 0 Å². The highest BCUT2D eigenvalue weighted by Gasteiger charge is 2.35. The number of phenols is 1. The van der Waals surface area contributed by atoms with E-state index in [1.165, 1.54) is 48.5 Å². The molecule has 0 atom stereocenters. The van der Waals surface area contributed by atoms with Crippen LogP contribution in [0, 0.1) is 0 Å². The fourth-order valence-corrected chi connectivity index (χ4v) is 2.94. The third-order valence-corrected chi connectivity index (χ3v) is 4.47. The van der Waals surface area contributed by atoms with Crippen LogP contribution in [0.25, 0.3) is 6.08 Å². The average molecular weight is 444 g/mol. The number of nitrogens with zero attached hydrogens (tertiary/aromatic N) is 1. The van der Waals surface area contributed by atoms with Crippen LogP contribution in [-0.4, -0.2) is 47.0 Å². The first-order chi connectivity index (χ1) is 14.8. The highest BCUT2D eigenvalue weighted by Crippen LogP contribution is 2.25. The van der Waals surface area contributed by atoms with Gasteiger partial charge in [0.25, 0.3) is 5.91 Å². The van der Waals surface area contributed by atoms with Crippen molar-refractivity contribution in [1.82, 2.24) is 10.2 Å². The van der Waals surface area contributed by atoms with Gasteiger partial charge < -0.3 is 20.5 Å². The van der Waals surface area contributed by atoms with Gasteiger partial charge in [0, 0.05) is 16.3 Å². The van der Waals surface area contributed by atoms with E-state index in [1.807, 2.05) is 0 Å². The molecule has 3 rings (SSSR count). The molecule has 0 saturated carbocycles. The summed E-state index contributed by atoms with van der Waals surface area (Å²) in [6.45, 7) is 1.42. The van der Waals surface area contributed by atoms with Gasteiger partial charge in [0.2, 0.25) is 5.91 Å². The fraction of sp³-hybridized carbons (Fsp3) is 0.143. The zero-order chi connectivity index (χ0) is 22.5. The van der Waals surface area contributed by atoms with E-state index in [1.54, 1.807) is 6.92 Å². The van der Waals surface area contributed by atoms with Crippen molar-refractivity contribution < 1.29 is 29.0 Å². The maximum atomic E-state index is 12.5. The number of carbonyl (C=O) groups excluding carboxylic acids is 4. The number of benzene rings is 2. The summed E-state index contributed by atoms with van der Waals surface area (Å²) in [5, 5.41) is 15.1. The molecule has 1 aliphatic rings. The number of aromatic hydroxyl groups is 1. The van der Waals surface area contributed by atoms with Gasteiger partial charge >= 0.3 is 12.0 Å². The number of anilines is 1. The molecule has 0 spiro atoms. The minimum absolute atomic E-state index is 0.103. The van der Waals surface area contributed by atoms with Gasteiger partial charge in [0.15, 0.2) is 0 Å². The Morgan fingerprint density at radius 1 is 1.19 bits per heavy atom. The fourth-order valence-electron chi connectivity index (χ4n) is 2.76. The summed E-state index contributed by atoms with van der Waals surface area (Å²) in [5.74, 6) is -1.94. The highest BCUT2D eigenvalue weighted by atomic mass is 35.5. The van der Waals surface area contributed by atoms with Crippen LogP contribution in [0.1, 0.15) is 22.8 Å². The normalized spacial score (nSPS) is 14.5. The molecule has 1 aliphatic heterocycles. The number of rotatable bonds is 6. The van der Waals surface area contributed by atoms with Crippen LogP contribution in [0.5, 0.6) is 5.75 Å². The van der Waals surface area contributed by atoms with Crippen LogP contribution < -0.4 is 10.6 Å². The van der Waals surface area contributed by atoms with E-state index in [-0.39, 0.29) is 23.6 Å². The number of nitrogens with one attached hydrogen (secondary N) is 2. The smallest absolute Gasteiger partial charge is 0.338 e. The molecule has 2 aromatic rings. The number of amides is 4. The Hall–Kier alpha value is -3.85. The number of imide groups is 1. The van der Waals surface area contributed by atoms with E-state index in [9.17, 15) is 24.3 Å². The van der Waals surface area contributed by atoms with Gasteiger partial charge in [0.1, 0.15) is 18.0 Å². The molecule has 0 bridgehead atoms. The summed E-state index contributed by atoms with van der Waals surface area (Å²) in [6.07, 6.45) is 1.27. The molecule has 0 aliphatic carbocycles. The SMILES string of the molecule is CCOC(=O)c1ccc(NC(=O)CN2C(=O)N/C(=C\c3cc(Cl)ccc3O)C2=O)cc1. The topological polar surface area (TPSA) is 125 Å². The third kappa shape index (κ3) is 5.20. The van der Waals surface area contributed by atoms with Crippen molar-refractivity contribution in [1.29, 1.82) is 0 Å². The summed E-state index contributed by atoms with van der Waals surface area (Å²) in [6, 6.07) is 9.47. The second-order valence-corrected chi connectivity index (χ2v) is 6.87. The van der Waals surface area contributed by atoms with Crippen LogP contribution >= 0.6 is 11.6 Å². The van der Waals surface area contributed by atoms with Crippen molar-refractivity contribution in [2.45, 2.75) is 6.92 Å². The summed E-state index contributed by atoms with van der Waals surface area (Å²) in [4.78, 5) is 49.3. The third-order valence-electron chi connectivity index (χ3n) is 4.23. The Balaban J connectivity index is 1.66. The van der Waals surface area contributed by atoms with Crippen molar-refractivity contribution in [2.75, 3.05) is 18.5 Å². The van der Waals surface area contributed by atoms with Gasteiger partial charge in [-0.1, -0.05) is 11.6 Å². The van der Waals surface area contributed by atoms with E-state index < -0.39 is 30.4 Å². The molecule has 0 aromatic heterocycles. The highest BCUT2D eigenvalue weighted by molar-refractivity contribution is 6.30. The van der Waals surface area contributed by atoms with E-state index in [4.69, 9.17) is 16.3 Å². The second kappa shape index (κ2) is 9.31. The van der Waals surface area contributed by atoms with Gasteiger partial charge in [-0.05, 0) is 55.5 Å². The Morgan fingerprint density at radius 2 is 1.90 bits per heavy atom. The lowest BCUT2D eigenvalue weighted by molar-refractivity contribution is -0.127. The van der Waals surface area contributed by atoms with E-state index in [0.717, 1.165) is 4.90 Å². The van der Waals surface area contributed by atoms with Crippen molar-refractivity contribution >= 4 is 47.2 Å². The molecule has 0 radical (unpaired) electrons. The van der Waals surface area contributed by atoms with Crippen molar-refractivity contribution in [2.24, 2.45) is 0 Å². The van der Waals surface area contributed by atoms with E-state index >= 15 is 0 Å². The molecule has 31 heavy (non-hydrogen) atoms. The van der Waals surface area contributed by atoms with Crippen LogP contribution in [0.4, 0.5) is 10.5 Å². The first-order valence-corrected chi connectivity index (χ1v) is 9.56. The zero-order valence-electron chi connectivity index (χ0n) is 16.3. The molecule has 2 aromatic carbocycles. The number of carbonyl (C=O) groups is 4. The maximum absolute atomic E-state index is 12.5. The van der Waals surface area contributed by atoms with Gasteiger partial charge in [-0.3, -0.25) is 9.59 Å². The first-order valence-electron chi connectivity index (χ1n) is 9.18.